The van der Waals surface area contributed by atoms with E-state index in [9.17, 15) is 0 Å². The fourth-order valence-corrected chi connectivity index (χ4v) is 2.80. The van der Waals surface area contributed by atoms with Gasteiger partial charge in [0, 0.05) is 5.69 Å². The Morgan fingerprint density at radius 3 is 1.95 bits per heavy atom. The Hall–Kier alpha value is -2.54. The summed E-state index contributed by atoms with van der Waals surface area (Å²) in [5, 5.41) is 0. The van der Waals surface area contributed by atoms with Crippen molar-refractivity contribution in [3.05, 3.63) is 77.9 Å². The zero-order valence-electron chi connectivity index (χ0n) is 12.4. The lowest BCUT2D eigenvalue weighted by atomic mass is 9.92. The lowest BCUT2D eigenvalue weighted by Gasteiger charge is -2.13. The molecule has 0 spiro atoms. The van der Waals surface area contributed by atoms with E-state index in [0.29, 0.717) is 0 Å². The molecule has 0 aliphatic carbocycles. The second-order valence-corrected chi connectivity index (χ2v) is 5.55. The van der Waals surface area contributed by atoms with Crippen LogP contribution in [0.25, 0.3) is 22.3 Å². The van der Waals surface area contributed by atoms with Gasteiger partial charge in [0.05, 0.1) is 0 Å². The molecular formula is C20H19N. The van der Waals surface area contributed by atoms with E-state index >= 15 is 0 Å². The van der Waals surface area contributed by atoms with Crippen LogP contribution < -0.4 is 5.73 Å². The maximum absolute atomic E-state index is 6.02. The Kier molecular flexibility index (Phi) is 3.49. The molecule has 0 radical (unpaired) electrons. The number of hydrogen-bond donors (Lipinski definition) is 1. The highest BCUT2D eigenvalue weighted by atomic mass is 14.5. The summed E-state index contributed by atoms with van der Waals surface area (Å²) in [7, 11) is 0. The molecule has 3 aromatic rings. The van der Waals surface area contributed by atoms with Crippen molar-refractivity contribution in [3.8, 4) is 22.3 Å². The van der Waals surface area contributed by atoms with Crippen LogP contribution in [-0.2, 0) is 0 Å². The van der Waals surface area contributed by atoms with Crippen molar-refractivity contribution in [1.29, 1.82) is 0 Å². The van der Waals surface area contributed by atoms with E-state index in [4.69, 9.17) is 5.73 Å². The average molecular weight is 273 g/mol. The van der Waals surface area contributed by atoms with E-state index < -0.39 is 0 Å². The minimum atomic E-state index is 0.795. The number of anilines is 1. The van der Waals surface area contributed by atoms with E-state index in [-0.39, 0.29) is 0 Å². The van der Waals surface area contributed by atoms with Crippen LogP contribution in [0.3, 0.4) is 0 Å². The van der Waals surface area contributed by atoms with Gasteiger partial charge in [-0.3, -0.25) is 0 Å². The topological polar surface area (TPSA) is 26.0 Å². The molecule has 0 aliphatic rings. The molecule has 0 atom stereocenters. The quantitative estimate of drug-likeness (QED) is 0.636. The van der Waals surface area contributed by atoms with Crippen molar-refractivity contribution in [2.24, 2.45) is 0 Å². The van der Waals surface area contributed by atoms with E-state index in [0.717, 1.165) is 5.69 Å². The molecule has 0 aliphatic heterocycles. The molecule has 21 heavy (non-hydrogen) atoms. The van der Waals surface area contributed by atoms with Gasteiger partial charge in [-0.15, -0.1) is 0 Å². The Morgan fingerprint density at radius 2 is 1.29 bits per heavy atom. The molecule has 1 nitrogen and oxygen atoms in total. The number of benzene rings is 3. The molecule has 0 heterocycles. The number of nitrogens with two attached hydrogens (primary N) is 1. The molecule has 0 aromatic heterocycles. The van der Waals surface area contributed by atoms with Gasteiger partial charge in [0.2, 0.25) is 0 Å². The number of rotatable bonds is 2. The summed E-state index contributed by atoms with van der Waals surface area (Å²) in [6.07, 6.45) is 0. The maximum Gasteiger partial charge on any atom is 0.0320 e. The lowest BCUT2D eigenvalue weighted by molar-refractivity contribution is 1.38. The molecule has 3 aromatic carbocycles. The van der Waals surface area contributed by atoms with Crippen LogP contribution in [0.1, 0.15) is 11.1 Å². The average Bonchev–Trinajstić information content (AvgIpc) is 2.47. The summed E-state index contributed by atoms with van der Waals surface area (Å²) in [5.74, 6) is 0. The van der Waals surface area contributed by atoms with Crippen LogP contribution >= 0.6 is 0 Å². The predicted molar refractivity (Wildman–Crippen MR) is 91.2 cm³/mol. The standard InChI is InChI=1S/C20H19N/c1-14-10-15(2)12-17(11-14)20-13-18(21)8-9-19(20)16-6-4-3-5-7-16/h3-13H,21H2,1-2H3. The van der Waals surface area contributed by atoms with Gasteiger partial charge >= 0.3 is 0 Å². The first kappa shape index (κ1) is 13.4. The Bertz CT molecular complexity index is 753. The second kappa shape index (κ2) is 5.45. The van der Waals surface area contributed by atoms with Crippen molar-refractivity contribution in [1.82, 2.24) is 0 Å². The van der Waals surface area contributed by atoms with Gasteiger partial charge in [0.1, 0.15) is 0 Å². The van der Waals surface area contributed by atoms with Gasteiger partial charge in [-0.25, -0.2) is 0 Å². The number of aryl methyl sites for hydroxylation is 2. The van der Waals surface area contributed by atoms with E-state index in [2.05, 4.69) is 68.4 Å². The minimum absolute atomic E-state index is 0.795. The maximum atomic E-state index is 6.02. The van der Waals surface area contributed by atoms with Gasteiger partial charge in [0.25, 0.3) is 0 Å². The lowest BCUT2D eigenvalue weighted by Crippen LogP contribution is -1.91. The van der Waals surface area contributed by atoms with Crippen molar-refractivity contribution < 1.29 is 0 Å². The van der Waals surface area contributed by atoms with Crippen LogP contribution in [0.4, 0.5) is 5.69 Å². The van der Waals surface area contributed by atoms with Crippen molar-refractivity contribution >= 4 is 5.69 Å². The molecule has 0 saturated heterocycles. The first-order valence-electron chi connectivity index (χ1n) is 7.17. The molecule has 0 unspecified atom stereocenters. The monoisotopic (exact) mass is 273 g/mol. The molecule has 3 rings (SSSR count). The molecule has 0 fully saturated rings. The molecule has 0 bridgehead atoms. The van der Waals surface area contributed by atoms with Gasteiger partial charge in [-0.05, 0) is 48.2 Å². The van der Waals surface area contributed by atoms with E-state index in [1.807, 2.05) is 12.1 Å². The highest BCUT2D eigenvalue weighted by molar-refractivity contribution is 5.85. The summed E-state index contributed by atoms with van der Waals surface area (Å²) < 4.78 is 0. The fourth-order valence-electron chi connectivity index (χ4n) is 2.80. The van der Waals surface area contributed by atoms with Crippen LogP contribution in [0.2, 0.25) is 0 Å². The van der Waals surface area contributed by atoms with Gasteiger partial charge in [-0.1, -0.05) is 65.7 Å². The third kappa shape index (κ3) is 2.82. The molecule has 0 saturated carbocycles. The van der Waals surface area contributed by atoms with Gasteiger partial charge < -0.3 is 5.73 Å². The summed E-state index contributed by atoms with van der Waals surface area (Å²) in [4.78, 5) is 0. The van der Waals surface area contributed by atoms with Crippen molar-refractivity contribution in [3.63, 3.8) is 0 Å². The minimum Gasteiger partial charge on any atom is -0.399 e. The smallest absolute Gasteiger partial charge is 0.0320 e. The highest BCUT2D eigenvalue weighted by Crippen LogP contribution is 2.34. The Balaban J connectivity index is 2.24. The van der Waals surface area contributed by atoms with Crippen LogP contribution in [0, 0.1) is 13.8 Å². The first-order chi connectivity index (χ1) is 10.1. The van der Waals surface area contributed by atoms with Crippen LogP contribution in [0.5, 0.6) is 0 Å². The first-order valence-corrected chi connectivity index (χ1v) is 7.17. The molecule has 1 heteroatoms. The summed E-state index contributed by atoms with van der Waals surface area (Å²) in [6.45, 7) is 4.26. The molecule has 104 valence electrons. The summed E-state index contributed by atoms with van der Waals surface area (Å²) in [5.41, 5.74) is 14.2. The van der Waals surface area contributed by atoms with Crippen LogP contribution in [-0.4, -0.2) is 0 Å². The van der Waals surface area contributed by atoms with E-state index in [1.54, 1.807) is 0 Å². The third-order valence-electron chi connectivity index (χ3n) is 3.66. The number of hydrogen-bond acceptors (Lipinski definition) is 1. The zero-order chi connectivity index (χ0) is 14.8. The number of nitrogen functional groups attached to an aromatic ring is 1. The SMILES string of the molecule is Cc1cc(C)cc(-c2cc(N)ccc2-c2ccccc2)c1. The fraction of sp³-hybridized carbons (Fsp3) is 0.100. The largest absolute Gasteiger partial charge is 0.399 e. The van der Waals surface area contributed by atoms with Crippen molar-refractivity contribution in [2.75, 3.05) is 5.73 Å². The van der Waals surface area contributed by atoms with Crippen LogP contribution in [0.15, 0.2) is 66.7 Å². The van der Waals surface area contributed by atoms with E-state index in [1.165, 1.54) is 33.4 Å². The molecule has 2 N–H and O–H groups in total. The van der Waals surface area contributed by atoms with Gasteiger partial charge in [-0.2, -0.15) is 0 Å². The van der Waals surface area contributed by atoms with Gasteiger partial charge in [0.15, 0.2) is 0 Å². The normalized spacial score (nSPS) is 10.6. The zero-order valence-corrected chi connectivity index (χ0v) is 12.4. The molecular weight excluding hydrogens is 254 g/mol. The second-order valence-electron chi connectivity index (χ2n) is 5.55. The Morgan fingerprint density at radius 1 is 0.619 bits per heavy atom. The molecule has 0 amide bonds. The summed E-state index contributed by atoms with van der Waals surface area (Å²) in [6, 6.07) is 23.2. The predicted octanol–water partition coefficient (Wildman–Crippen LogP) is 5.22. The Labute approximate surface area is 126 Å². The highest BCUT2D eigenvalue weighted by Gasteiger charge is 2.08. The van der Waals surface area contributed by atoms with Crippen molar-refractivity contribution in [2.45, 2.75) is 13.8 Å². The summed E-state index contributed by atoms with van der Waals surface area (Å²) >= 11 is 0. The third-order valence-corrected chi connectivity index (χ3v) is 3.66.